The van der Waals surface area contributed by atoms with Gasteiger partial charge >= 0.3 is 5.63 Å². The highest BCUT2D eigenvalue weighted by Gasteiger charge is 2.17. The summed E-state index contributed by atoms with van der Waals surface area (Å²) in [6.45, 7) is 7.89. The van der Waals surface area contributed by atoms with E-state index in [1.807, 2.05) is 27.7 Å². The van der Waals surface area contributed by atoms with Crippen LogP contribution in [-0.4, -0.2) is 11.0 Å². The van der Waals surface area contributed by atoms with Gasteiger partial charge in [-0.05, 0) is 47.7 Å². The van der Waals surface area contributed by atoms with Crippen LogP contribution in [0.3, 0.4) is 0 Å². The summed E-state index contributed by atoms with van der Waals surface area (Å²) >= 11 is 0. The van der Waals surface area contributed by atoms with E-state index in [9.17, 15) is 14.7 Å². The van der Waals surface area contributed by atoms with E-state index in [-0.39, 0.29) is 17.1 Å². The molecule has 5 nitrogen and oxygen atoms in total. The lowest BCUT2D eigenvalue weighted by Gasteiger charge is -2.17. The van der Waals surface area contributed by atoms with Gasteiger partial charge in [0, 0.05) is 23.6 Å². The van der Waals surface area contributed by atoms with Crippen LogP contribution in [0.1, 0.15) is 32.8 Å². The van der Waals surface area contributed by atoms with E-state index >= 15 is 0 Å². The molecule has 3 aromatic rings. The van der Waals surface area contributed by atoms with Crippen molar-refractivity contribution in [3.8, 4) is 16.9 Å². The number of phenolic OH excluding ortho intramolecular Hbond substituents is 1. The number of aryl methyl sites for hydroxylation is 1. The molecule has 0 fully saturated rings. The third-order valence-electron chi connectivity index (χ3n) is 4.30. The molecule has 0 aliphatic carbocycles. The van der Waals surface area contributed by atoms with Crippen LogP contribution in [-0.2, 0) is 4.79 Å². The summed E-state index contributed by atoms with van der Waals surface area (Å²) in [7, 11) is 0. The maximum Gasteiger partial charge on any atom is 0.344 e. The first-order valence-electron chi connectivity index (χ1n) is 8.81. The minimum atomic E-state index is -0.463. The van der Waals surface area contributed by atoms with Crippen LogP contribution >= 0.6 is 0 Å². The van der Waals surface area contributed by atoms with Gasteiger partial charge in [-0.25, -0.2) is 4.79 Å². The highest BCUT2D eigenvalue weighted by atomic mass is 16.4. The molecule has 3 rings (SSSR count). The van der Waals surface area contributed by atoms with Crippen molar-refractivity contribution in [2.24, 2.45) is 5.41 Å². The Morgan fingerprint density at radius 2 is 1.78 bits per heavy atom. The van der Waals surface area contributed by atoms with Gasteiger partial charge < -0.3 is 14.8 Å². The van der Waals surface area contributed by atoms with E-state index in [4.69, 9.17) is 4.42 Å². The molecular weight excluding hydrogens is 342 g/mol. The topological polar surface area (TPSA) is 79.5 Å². The standard InChI is InChI=1S/C22H23NO4/c1-13-17-10-9-16(24)11-18(17)27-21(26)20(13)14-5-7-15(8-6-14)23-19(25)12-22(2,3)4/h5-11,24H,12H2,1-4H3,(H,23,25). The molecule has 0 saturated heterocycles. The fourth-order valence-corrected chi connectivity index (χ4v) is 3.09. The lowest BCUT2D eigenvalue weighted by molar-refractivity contribution is -0.117. The number of carbonyl (C=O) groups is 1. The van der Waals surface area contributed by atoms with Gasteiger partial charge in [0.25, 0.3) is 0 Å². The zero-order valence-corrected chi connectivity index (χ0v) is 15.9. The summed E-state index contributed by atoms with van der Waals surface area (Å²) < 4.78 is 5.37. The molecule has 0 atom stereocenters. The summed E-state index contributed by atoms with van der Waals surface area (Å²) in [6, 6.07) is 11.9. The van der Waals surface area contributed by atoms with Gasteiger partial charge in [0.15, 0.2) is 0 Å². The number of rotatable bonds is 3. The first-order chi connectivity index (χ1) is 12.6. The lowest BCUT2D eigenvalue weighted by Crippen LogP contribution is -2.19. The number of carbonyl (C=O) groups excluding carboxylic acids is 1. The Morgan fingerprint density at radius 1 is 1.11 bits per heavy atom. The van der Waals surface area contributed by atoms with Crippen LogP contribution in [0, 0.1) is 12.3 Å². The Morgan fingerprint density at radius 3 is 2.41 bits per heavy atom. The number of nitrogens with one attached hydrogen (secondary N) is 1. The molecule has 27 heavy (non-hydrogen) atoms. The Balaban J connectivity index is 1.93. The van der Waals surface area contributed by atoms with Gasteiger partial charge in [0.2, 0.25) is 5.91 Å². The van der Waals surface area contributed by atoms with Crippen molar-refractivity contribution in [1.29, 1.82) is 0 Å². The lowest BCUT2D eigenvalue weighted by atomic mass is 9.92. The molecule has 0 aliphatic rings. The average Bonchev–Trinajstić information content (AvgIpc) is 2.54. The first kappa shape index (κ1) is 18.7. The number of hydrogen-bond acceptors (Lipinski definition) is 4. The van der Waals surface area contributed by atoms with Crippen LogP contribution in [0.5, 0.6) is 5.75 Å². The molecule has 2 N–H and O–H groups in total. The minimum absolute atomic E-state index is 0.0449. The van der Waals surface area contributed by atoms with Crippen molar-refractivity contribution in [3.05, 3.63) is 58.4 Å². The summed E-state index contributed by atoms with van der Waals surface area (Å²) in [4.78, 5) is 24.5. The van der Waals surface area contributed by atoms with Crippen LogP contribution < -0.4 is 10.9 Å². The van der Waals surface area contributed by atoms with Crippen molar-refractivity contribution < 1.29 is 14.3 Å². The number of hydrogen-bond donors (Lipinski definition) is 2. The number of aromatic hydroxyl groups is 1. The van der Waals surface area contributed by atoms with Crippen LogP contribution in [0.4, 0.5) is 5.69 Å². The summed E-state index contributed by atoms with van der Waals surface area (Å²) in [6.07, 6.45) is 0.426. The SMILES string of the molecule is Cc1c(-c2ccc(NC(=O)CC(C)(C)C)cc2)c(=O)oc2cc(O)ccc12. The quantitative estimate of drug-likeness (QED) is 0.650. The van der Waals surface area contributed by atoms with E-state index in [1.54, 1.807) is 36.4 Å². The molecule has 5 heteroatoms. The van der Waals surface area contributed by atoms with Gasteiger partial charge in [0.1, 0.15) is 11.3 Å². The second kappa shape index (κ2) is 6.91. The molecule has 0 bridgehead atoms. The number of amides is 1. The maximum atomic E-state index is 12.5. The monoisotopic (exact) mass is 365 g/mol. The van der Waals surface area contributed by atoms with Gasteiger partial charge in [-0.1, -0.05) is 32.9 Å². The Bertz CT molecular complexity index is 1060. The highest BCUT2D eigenvalue weighted by molar-refractivity contribution is 5.92. The van der Waals surface area contributed by atoms with E-state index in [1.165, 1.54) is 6.07 Å². The number of fused-ring (bicyclic) bond motifs is 1. The van der Waals surface area contributed by atoms with E-state index < -0.39 is 5.63 Å². The normalized spacial score (nSPS) is 11.6. The molecule has 1 aromatic heterocycles. The average molecular weight is 365 g/mol. The summed E-state index contributed by atoms with van der Waals surface area (Å²) in [5.41, 5.74) is 2.46. The summed E-state index contributed by atoms with van der Waals surface area (Å²) in [5.74, 6) is 0.00427. The molecule has 1 heterocycles. The predicted molar refractivity (Wildman–Crippen MR) is 107 cm³/mol. The molecule has 2 aromatic carbocycles. The third kappa shape index (κ3) is 4.19. The molecule has 0 radical (unpaired) electrons. The number of benzene rings is 2. The van der Waals surface area contributed by atoms with E-state index in [2.05, 4.69) is 5.32 Å². The fourth-order valence-electron chi connectivity index (χ4n) is 3.09. The van der Waals surface area contributed by atoms with Crippen LogP contribution in [0.2, 0.25) is 0 Å². The predicted octanol–water partition coefficient (Wildman–Crippen LogP) is 4.85. The van der Waals surface area contributed by atoms with Gasteiger partial charge in [-0.3, -0.25) is 4.79 Å². The van der Waals surface area contributed by atoms with Gasteiger partial charge in [-0.2, -0.15) is 0 Å². The second-order valence-electron chi connectivity index (χ2n) is 7.93. The minimum Gasteiger partial charge on any atom is -0.508 e. The zero-order chi connectivity index (χ0) is 19.8. The third-order valence-corrected chi connectivity index (χ3v) is 4.30. The molecule has 0 saturated carbocycles. The molecule has 1 amide bonds. The Kier molecular flexibility index (Phi) is 4.79. The molecule has 0 aliphatic heterocycles. The first-order valence-corrected chi connectivity index (χ1v) is 8.81. The van der Waals surface area contributed by atoms with Crippen molar-refractivity contribution >= 4 is 22.6 Å². The fraction of sp³-hybridized carbons (Fsp3) is 0.273. The van der Waals surface area contributed by atoms with Crippen molar-refractivity contribution in [2.45, 2.75) is 34.1 Å². The van der Waals surface area contributed by atoms with Crippen molar-refractivity contribution in [1.82, 2.24) is 0 Å². The Hall–Kier alpha value is -3.08. The van der Waals surface area contributed by atoms with Gasteiger partial charge in [-0.15, -0.1) is 0 Å². The number of anilines is 1. The highest BCUT2D eigenvalue weighted by Crippen LogP contribution is 2.29. The van der Waals surface area contributed by atoms with Crippen molar-refractivity contribution in [3.63, 3.8) is 0 Å². The van der Waals surface area contributed by atoms with Crippen LogP contribution in [0.15, 0.2) is 51.7 Å². The number of phenols is 1. The second-order valence-corrected chi connectivity index (χ2v) is 7.93. The zero-order valence-electron chi connectivity index (χ0n) is 15.9. The smallest absolute Gasteiger partial charge is 0.344 e. The molecule has 0 unspecified atom stereocenters. The van der Waals surface area contributed by atoms with Gasteiger partial charge in [0.05, 0.1) is 5.56 Å². The Labute approximate surface area is 157 Å². The van der Waals surface area contributed by atoms with E-state index in [0.29, 0.717) is 28.8 Å². The van der Waals surface area contributed by atoms with Crippen molar-refractivity contribution in [2.75, 3.05) is 5.32 Å². The van der Waals surface area contributed by atoms with Crippen LogP contribution in [0.25, 0.3) is 22.1 Å². The molecule has 140 valence electrons. The largest absolute Gasteiger partial charge is 0.508 e. The maximum absolute atomic E-state index is 12.5. The molecular formula is C22H23NO4. The molecule has 0 spiro atoms. The van der Waals surface area contributed by atoms with E-state index in [0.717, 1.165) is 10.9 Å². The summed E-state index contributed by atoms with van der Waals surface area (Å²) in [5, 5.41) is 13.2.